The highest BCUT2D eigenvalue weighted by molar-refractivity contribution is 7.88. The van der Waals surface area contributed by atoms with E-state index >= 15 is 0 Å². The van der Waals surface area contributed by atoms with Crippen molar-refractivity contribution in [3.63, 3.8) is 0 Å². The third-order valence-electron chi connectivity index (χ3n) is 5.31. The molecule has 0 bridgehead atoms. The number of ether oxygens (including phenoxy) is 3. The van der Waals surface area contributed by atoms with Crippen LogP contribution in [0, 0.1) is 0 Å². The second-order valence-electron chi connectivity index (χ2n) is 7.77. The van der Waals surface area contributed by atoms with Crippen molar-refractivity contribution >= 4 is 55.6 Å². The first-order valence-electron chi connectivity index (χ1n) is 10.5. The van der Waals surface area contributed by atoms with Gasteiger partial charge in [-0.25, -0.2) is 18.4 Å². The van der Waals surface area contributed by atoms with Crippen molar-refractivity contribution in [2.24, 2.45) is 0 Å². The summed E-state index contributed by atoms with van der Waals surface area (Å²) in [6, 6.07) is 8.73. The summed E-state index contributed by atoms with van der Waals surface area (Å²) in [6.07, 6.45) is 2.87. The molecule has 1 fully saturated rings. The Morgan fingerprint density at radius 2 is 2.00 bits per heavy atom. The van der Waals surface area contributed by atoms with Crippen LogP contribution < -0.4 is 14.8 Å². The van der Waals surface area contributed by atoms with E-state index in [0.717, 1.165) is 5.69 Å². The number of methoxy groups -OCH3 is 1. The van der Waals surface area contributed by atoms with Crippen LogP contribution in [0.2, 0.25) is 10.0 Å². The average molecular weight is 527 g/mol. The lowest BCUT2D eigenvalue weighted by atomic mass is 10.2. The van der Waals surface area contributed by atoms with Crippen molar-refractivity contribution in [1.82, 2.24) is 14.3 Å². The number of fused-ring (bicyclic) bond motifs is 1. The molecule has 0 saturated carbocycles. The predicted octanol–water partition coefficient (Wildman–Crippen LogP) is 4.12. The molecule has 2 aromatic carbocycles. The van der Waals surface area contributed by atoms with Crippen molar-refractivity contribution in [2.75, 3.05) is 45.0 Å². The van der Waals surface area contributed by atoms with Crippen LogP contribution in [0.25, 0.3) is 10.9 Å². The zero-order chi connectivity index (χ0) is 24.3. The Bertz CT molecular complexity index is 1290. The number of sulfonamides is 1. The minimum Gasteiger partial charge on any atom is -0.493 e. The summed E-state index contributed by atoms with van der Waals surface area (Å²) in [5.74, 6) is 1.50. The molecule has 1 N–H and O–H groups in total. The molecule has 0 aliphatic carbocycles. The fraction of sp³-hybridized carbons (Fsp3) is 0.364. The van der Waals surface area contributed by atoms with Crippen LogP contribution in [0.3, 0.4) is 0 Å². The maximum atomic E-state index is 12.0. The van der Waals surface area contributed by atoms with Crippen molar-refractivity contribution in [3.05, 3.63) is 46.7 Å². The highest BCUT2D eigenvalue weighted by Gasteiger charge is 2.25. The third-order valence-corrected chi connectivity index (χ3v) is 7.32. The molecule has 4 rings (SSSR count). The van der Waals surface area contributed by atoms with Gasteiger partial charge in [0, 0.05) is 36.8 Å². The predicted molar refractivity (Wildman–Crippen MR) is 132 cm³/mol. The molecule has 182 valence electrons. The van der Waals surface area contributed by atoms with E-state index in [1.165, 1.54) is 24.0 Å². The minimum absolute atomic E-state index is 0.160. The highest BCUT2D eigenvalue weighted by Crippen LogP contribution is 2.35. The van der Waals surface area contributed by atoms with E-state index in [1.54, 1.807) is 30.3 Å². The quantitative estimate of drug-likeness (QED) is 0.490. The van der Waals surface area contributed by atoms with Gasteiger partial charge in [0.2, 0.25) is 10.0 Å². The molecule has 1 atom stereocenters. The lowest BCUT2D eigenvalue weighted by Crippen LogP contribution is -2.38. The molecule has 1 saturated heterocycles. The lowest BCUT2D eigenvalue weighted by Gasteiger charge is -2.22. The summed E-state index contributed by atoms with van der Waals surface area (Å²) in [5, 5.41) is 4.82. The maximum absolute atomic E-state index is 12.0. The molecule has 1 aromatic heterocycles. The van der Waals surface area contributed by atoms with Gasteiger partial charge in [0.25, 0.3) is 0 Å². The third kappa shape index (κ3) is 5.81. The Hall–Kier alpha value is -2.37. The molecular formula is C22H24Cl2N4O5S. The fourth-order valence-corrected chi connectivity index (χ4v) is 4.79. The molecular weight excluding hydrogens is 503 g/mol. The van der Waals surface area contributed by atoms with Gasteiger partial charge in [-0.2, -0.15) is 4.31 Å². The Morgan fingerprint density at radius 1 is 1.18 bits per heavy atom. The first kappa shape index (κ1) is 24.7. The molecule has 1 aliphatic rings. The summed E-state index contributed by atoms with van der Waals surface area (Å²) in [7, 11) is -1.77. The van der Waals surface area contributed by atoms with E-state index in [9.17, 15) is 8.42 Å². The lowest BCUT2D eigenvalue weighted by molar-refractivity contribution is 0.0267. The van der Waals surface area contributed by atoms with E-state index in [4.69, 9.17) is 37.4 Å². The van der Waals surface area contributed by atoms with Crippen molar-refractivity contribution in [1.29, 1.82) is 0 Å². The summed E-state index contributed by atoms with van der Waals surface area (Å²) in [4.78, 5) is 8.70. The van der Waals surface area contributed by atoms with Gasteiger partial charge in [-0.1, -0.05) is 23.2 Å². The Morgan fingerprint density at radius 3 is 2.74 bits per heavy atom. The van der Waals surface area contributed by atoms with E-state index in [1.807, 2.05) is 0 Å². The number of rotatable bonds is 7. The van der Waals surface area contributed by atoms with Gasteiger partial charge in [-0.05, 0) is 30.7 Å². The number of aromatic nitrogens is 2. The van der Waals surface area contributed by atoms with Gasteiger partial charge in [-0.3, -0.25) is 0 Å². The molecule has 0 spiro atoms. The second-order valence-corrected chi connectivity index (χ2v) is 10.6. The van der Waals surface area contributed by atoms with Gasteiger partial charge in [-0.15, -0.1) is 0 Å². The first-order chi connectivity index (χ1) is 16.2. The number of hydrogen-bond donors (Lipinski definition) is 1. The fourth-order valence-electron chi connectivity index (χ4n) is 3.59. The van der Waals surface area contributed by atoms with Crippen molar-refractivity contribution in [3.8, 4) is 11.5 Å². The SMILES string of the molecule is COc1cc2c(Nc3ccc(Cl)c(Cl)c3)ncnc2cc1OCC1CN(S(C)(=O)=O)CCCO1. The van der Waals surface area contributed by atoms with Crippen LogP contribution in [-0.2, 0) is 14.8 Å². The topological polar surface area (TPSA) is 103 Å². The molecule has 3 aromatic rings. The Labute approximate surface area is 208 Å². The van der Waals surface area contributed by atoms with Crippen LogP contribution in [0.15, 0.2) is 36.7 Å². The van der Waals surface area contributed by atoms with Gasteiger partial charge >= 0.3 is 0 Å². The number of anilines is 2. The second kappa shape index (κ2) is 10.5. The molecule has 1 aliphatic heterocycles. The number of benzene rings is 2. The number of hydrogen-bond acceptors (Lipinski definition) is 8. The number of nitrogens with zero attached hydrogens (tertiary/aromatic N) is 3. The van der Waals surface area contributed by atoms with Gasteiger partial charge in [0.15, 0.2) is 11.5 Å². The van der Waals surface area contributed by atoms with Gasteiger partial charge < -0.3 is 19.5 Å². The minimum atomic E-state index is -3.31. The van der Waals surface area contributed by atoms with Crippen LogP contribution in [0.5, 0.6) is 11.5 Å². The standard InChI is InChI=1S/C22H24Cl2N4O5S/c1-31-20-9-16-19(25-13-26-22(16)27-14-4-5-17(23)18(24)8-14)10-21(20)33-12-15-11-28(34(2,29)30)6-3-7-32-15/h4-5,8-10,13,15H,3,6-7,11-12H2,1-2H3,(H,25,26,27). The molecule has 1 unspecified atom stereocenters. The highest BCUT2D eigenvalue weighted by atomic mass is 35.5. The monoisotopic (exact) mass is 526 g/mol. The largest absolute Gasteiger partial charge is 0.493 e. The van der Waals surface area contributed by atoms with E-state index < -0.39 is 16.1 Å². The Balaban J connectivity index is 1.56. The van der Waals surface area contributed by atoms with Crippen LogP contribution in [0.1, 0.15) is 6.42 Å². The molecule has 12 heteroatoms. The van der Waals surface area contributed by atoms with Crippen molar-refractivity contribution in [2.45, 2.75) is 12.5 Å². The molecule has 2 heterocycles. The first-order valence-corrected chi connectivity index (χ1v) is 13.1. The van der Waals surface area contributed by atoms with E-state index in [2.05, 4.69) is 15.3 Å². The van der Waals surface area contributed by atoms with Crippen LogP contribution in [-0.4, -0.2) is 68.5 Å². The smallest absolute Gasteiger partial charge is 0.211 e. The normalized spacial score (nSPS) is 17.4. The molecule has 34 heavy (non-hydrogen) atoms. The zero-order valence-electron chi connectivity index (χ0n) is 18.6. The Kier molecular flexibility index (Phi) is 7.63. The molecule has 9 nitrogen and oxygen atoms in total. The molecule has 0 radical (unpaired) electrons. The van der Waals surface area contributed by atoms with E-state index in [-0.39, 0.29) is 13.2 Å². The van der Waals surface area contributed by atoms with Gasteiger partial charge in [0.1, 0.15) is 24.9 Å². The number of halogens is 2. The summed E-state index contributed by atoms with van der Waals surface area (Å²) in [6.45, 7) is 1.29. The van der Waals surface area contributed by atoms with Gasteiger partial charge in [0.05, 0.1) is 28.9 Å². The van der Waals surface area contributed by atoms with Crippen LogP contribution in [0.4, 0.5) is 11.5 Å². The summed E-state index contributed by atoms with van der Waals surface area (Å²) in [5.41, 5.74) is 1.35. The van der Waals surface area contributed by atoms with E-state index in [0.29, 0.717) is 57.8 Å². The van der Waals surface area contributed by atoms with Crippen molar-refractivity contribution < 1.29 is 22.6 Å². The zero-order valence-corrected chi connectivity index (χ0v) is 21.0. The summed E-state index contributed by atoms with van der Waals surface area (Å²) >= 11 is 12.1. The summed E-state index contributed by atoms with van der Waals surface area (Å²) < 4.78 is 42.7. The average Bonchev–Trinajstić information content (AvgIpc) is 3.06. The maximum Gasteiger partial charge on any atom is 0.211 e. The van der Waals surface area contributed by atoms with Crippen LogP contribution >= 0.6 is 23.2 Å². The number of nitrogens with one attached hydrogen (secondary N) is 1. The molecule has 0 amide bonds.